The SMILES string of the molecule is CCCCCCCCCC/C=C\CCCCCCCCCCCCCCCCCCCCCCCCCC(=O)NC(COC1OC(CO)C(OC2OC(CO)C(O)C(O)C2O)C(O)C1O)C(O)/C=C/CC/C=C/CCCCCCCCCCCCCCCCCCCC. The maximum Gasteiger partial charge on any atom is 0.220 e. The minimum absolute atomic E-state index is 0.241. The topological polar surface area (TPSA) is 228 Å². The molecule has 2 aliphatic rings. The molecule has 0 aromatic carbocycles. The molecule has 0 spiro atoms. The summed E-state index contributed by atoms with van der Waals surface area (Å²) in [5.74, 6) is -0.241. The van der Waals surface area contributed by atoms with E-state index in [-0.39, 0.29) is 18.9 Å². The summed E-state index contributed by atoms with van der Waals surface area (Å²) in [7, 11) is 0. The molecule has 0 aromatic rings. The van der Waals surface area contributed by atoms with Gasteiger partial charge in [0.2, 0.25) is 5.91 Å². The molecule has 2 rings (SSSR count). The summed E-state index contributed by atoms with van der Waals surface area (Å²) < 4.78 is 22.9. The van der Waals surface area contributed by atoms with Gasteiger partial charge in [0, 0.05) is 6.42 Å². The predicted octanol–water partition coefficient (Wildman–Crippen LogP) is 17.6. The molecule has 2 aliphatic heterocycles. The lowest BCUT2D eigenvalue weighted by Gasteiger charge is -2.46. The molecule has 14 nitrogen and oxygen atoms in total. The van der Waals surface area contributed by atoms with Gasteiger partial charge in [0.25, 0.3) is 0 Å². The number of hydrogen-bond donors (Lipinski definition) is 9. The summed E-state index contributed by atoms with van der Waals surface area (Å²) in [5, 5.41) is 87.6. The van der Waals surface area contributed by atoms with Gasteiger partial charge in [-0.25, -0.2) is 0 Å². The van der Waals surface area contributed by atoms with Crippen LogP contribution < -0.4 is 5.32 Å². The second kappa shape index (κ2) is 63.6. The first-order valence-corrected chi connectivity index (χ1v) is 39.7. The van der Waals surface area contributed by atoms with Crippen LogP contribution in [0.15, 0.2) is 36.5 Å². The van der Waals surface area contributed by atoms with E-state index < -0.39 is 86.8 Å². The molecule has 548 valence electrons. The molecule has 93 heavy (non-hydrogen) atoms. The number of hydrogen-bond acceptors (Lipinski definition) is 13. The van der Waals surface area contributed by atoms with E-state index in [2.05, 4.69) is 43.5 Å². The van der Waals surface area contributed by atoms with Crippen molar-refractivity contribution in [2.24, 2.45) is 0 Å². The number of carbonyl (C=O) groups excluding carboxylic acids is 1. The zero-order chi connectivity index (χ0) is 67.3. The van der Waals surface area contributed by atoms with E-state index in [1.807, 2.05) is 6.08 Å². The number of aliphatic hydroxyl groups excluding tert-OH is 8. The van der Waals surface area contributed by atoms with E-state index in [0.29, 0.717) is 12.8 Å². The zero-order valence-electron chi connectivity index (χ0n) is 60.0. The summed E-state index contributed by atoms with van der Waals surface area (Å²) in [6.07, 6.45) is 66.6. The van der Waals surface area contributed by atoms with Gasteiger partial charge in [-0.3, -0.25) is 4.79 Å². The molecule has 0 aromatic heterocycles. The fourth-order valence-corrected chi connectivity index (χ4v) is 13.2. The van der Waals surface area contributed by atoms with Crippen molar-refractivity contribution in [2.45, 2.75) is 441 Å². The lowest BCUT2D eigenvalue weighted by Crippen LogP contribution is -2.65. The maximum atomic E-state index is 13.4. The first-order chi connectivity index (χ1) is 45.6. The zero-order valence-corrected chi connectivity index (χ0v) is 60.0. The molecule has 12 unspecified atom stereocenters. The Hall–Kier alpha value is -1.79. The summed E-state index contributed by atoms with van der Waals surface area (Å²) in [5.41, 5.74) is 0. The Morgan fingerprint density at radius 3 is 1.05 bits per heavy atom. The second-order valence-electron chi connectivity index (χ2n) is 28.2. The number of nitrogens with one attached hydrogen (secondary N) is 1. The van der Waals surface area contributed by atoms with Crippen molar-refractivity contribution in [3.8, 4) is 0 Å². The van der Waals surface area contributed by atoms with Crippen LogP contribution in [0.4, 0.5) is 0 Å². The standard InChI is InChI=1S/C79H149NO13/c1-3-5-7-9-11-13-15-17-19-21-23-25-27-29-30-31-32-33-34-35-36-37-38-39-41-43-45-47-49-51-53-55-57-59-61-63-71(84)80-67(66-90-78-76(89)74(87)77(70(65-82)92-78)93-79-75(88)73(86)72(85)69(64-81)91-79)68(83)62-60-58-56-54-52-50-48-46-44-42-40-28-26-24-22-20-18-16-14-12-10-8-6-4-2/h21,23,52,54,60,62,67-70,72-79,81-83,85-89H,3-20,22,24-51,53,55-59,61,63-66H2,1-2H3,(H,80,84)/b23-21-,54-52+,62-60+. The fourth-order valence-electron chi connectivity index (χ4n) is 13.2. The minimum atomic E-state index is -1.79. The Balaban J connectivity index is 1.61. The molecule has 12 atom stereocenters. The van der Waals surface area contributed by atoms with Gasteiger partial charge in [-0.15, -0.1) is 0 Å². The van der Waals surface area contributed by atoms with Gasteiger partial charge in [-0.2, -0.15) is 0 Å². The molecule has 2 saturated heterocycles. The fraction of sp³-hybridized carbons (Fsp3) is 0.911. The van der Waals surface area contributed by atoms with Crippen LogP contribution in [0, 0.1) is 0 Å². The number of amides is 1. The molecule has 14 heteroatoms. The smallest absolute Gasteiger partial charge is 0.220 e. The Bertz CT molecular complexity index is 1700. The first kappa shape index (κ1) is 87.3. The molecule has 0 radical (unpaired) electrons. The monoisotopic (exact) mass is 1320 g/mol. The number of allylic oxidation sites excluding steroid dienone is 5. The highest BCUT2D eigenvalue weighted by atomic mass is 16.7. The number of carbonyl (C=O) groups is 1. The van der Waals surface area contributed by atoms with Crippen molar-refractivity contribution in [3.63, 3.8) is 0 Å². The van der Waals surface area contributed by atoms with Crippen molar-refractivity contribution in [3.05, 3.63) is 36.5 Å². The first-order valence-electron chi connectivity index (χ1n) is 39.7. The Kier molecular flexibility index (Phi) is 59.7. The summed E-state index contributed by atoms with van der Waals surface area (Å²) >= 11 is 0. The largest absolute Gasteiger partial charge is 0.394 e. The van der Waals surface area contributed by atoms with Crippen LogP contribution in [0.5, 0.6) is 0 Å². The van der Waals surface area contributed by atoms with Crippen LogP contribution in [-0.2, 0) is 23.7 Å². The highest BCUT2D eigenvalue weighted by Gasteiger charge is 2.51. The number of aliphatic hydroxyl groups is 8. The minimum Gasteiger partial charge on any atom is -0.394 e. The molecule has 2 heterocycles. The van der Waals surface area contributed by atoms with Crippen molar-refractivity contribution in [1.29, 1.82) is 0 Å². The maximum absolute atomic E-state index is 13.4. The average Bonchev–Trinajstić information content (AvgIpc) is 0.854. The van der Waals surface area contributed by atoms with Gasteiger partial charge in [0.05, 0.1) is 32.0 Å². The van der Waals surface area contributed by atoms with Crippen LogP contribution in [0.25, 0.3) is 0 Å². The molecular formula is C79H149NO13. The molecule has 9 N–H and O–H groups in total. The molecule has 0 bridgehead atoms. The van der Waals surface area contributed by atoms with E-state index in [9.17, 15) is 45.6 Å². The Labute approximate surface area is 570 Å². The van der Waals surface area contributed by atoms with Gasteiger partial charge in [-0.1, -0.05) is 339 Å². The third kappa shape index (κ3) is 47.0. The number of rotatable bonds is 67. The highest BCUT2D eigenvalue weighted by molar-refractivity contribution is 5.76. The van der Waals surface area contributed by atoms with Gasteiger partial charge in [-0.05, 0) is 57.8 Å². The van der Waals surface area contributed by atoms with Crippen LogP contribution in [0.1, 0.15) is 367 Å². The van der Waals surface area contributed by atoms with Crippen molar-refractivity contribution in [2.75, 3.05) is 19.8 Å². The lowest BCUT2D eigenvalue weighted by molar-refractivity contribution is -0.359. The highest BCUT2D eigenvalue weighted by Crippen LogP contribution is 2.30. The van der Waals surface area contributed by atoms with Crippen molar-refractivity contribution < 1.29 is 64.6 Å². The Morgan fingerprint density at radius 1 is 0.376 bits per heavy atom. The van der Waals surface area contributed by atoms with E-state index >= 15 is 0 Å². The quantitative estimate of drug-likeness (QED) is 0.0204. The Morgan fingerprint density at radius 2 is 0.688 bits per heavy atom. The third-order valence-corrected chi connectivity index (χ3v) is 19.5. The summed E-state index contributed by atoms with van der Waals surface area (Å²) in [4.78, 5) is 13.4. The van der Waals surface area contributed by atoms with Crippen LogP contribution in [0.2, 0.25) is 0 Å². The van der Waals surface area contributed by atoms with Crippen molar-refractivity contribution in [1.82, 2.24) is 5.32 Å². The molecule has 0 saturated carbocycles. The van der Waals surface area contributed by atoms with Gasteiger partial charge in [0.15, 0.2) is 12.6 Å². The van der Waals surface area contributed by atoms with E-state index in [0.717, 1.165) is 32.1 Å². The molecule has 0 aliphatic carbocycles. The van der Waals surface area contributed by atoms with Crippen LogP contribution >= 0.6 is 0 Å². The van der Waals surface area contributed by atoms with Gasteiger partial charge < -0.3 is 65.1 Å². The van der Waals surface area contributed by atoms with Gasteiger partial charge >= 0.3 is 0 Å². The molecule has 1 amide bonds. The summed E-state index contributed by atoms with van der Waals surface area (Å²) in [6, 6.07) is -0.931. The van der Waals surface area contributed by atoms with Crippen molar-refractivity contribution >= 4 is 5.91 Å². The van der Waals surface area contributed by atoms with Gasteiger partial charge in [0.1, 0.15) is 48.8 Å². The third-order valence-electron chi connectivity index (χ3n) is 19.5. The second-order valence-corrected chi connectivity index (χ2v) is 28.2. The normalized spacial score (nSPS) is 22.7. The van der Waals surface area contributed by atoms with E-state index in [1.165, 1.54) is 302 Å². The predicted molar refractivity (Wildman–Crippen MR) is 383 cm³/mol. The number of unbranched alkanes of at least 4 members (excludes halogenated alkanes) is 50. The van der Waals surface area contributed by atoms with Crippen LogP contribution in [0.3, 0.4) is 0 Å². The van der Waals surface area contributed by atoms with E-state index in [1.54, 1.807) is 6.08 Å². The average molecular weight is 1320 g/mol. The van der Waals surface area contributed by atoms with Crippen LogP contribution in [-0.4, -0.2) is 140 Å². The van der Waals surface area contributed by atoms with E-state index in [4.69, 9.17) is 18.9 Å². The molecular weight excluding hydrogens is 1170 g/mol. The lowest BCUT2D eigenvalue weighted by atomic mass is 9.97. The number of ether oxygens (including phenoxy) is 4. The molecule has 2 fully saturated rings. The summed E-state index contributed by atoms with van der Waals surface area (Å²) in [6.45, 7) is 2.84.